The molecule has 0 aromatic rings. The third-order valence-corrected chi connectivity index (χ3v) is 10.1. The summed E-state index contributed by atoms with van der Waals surface area (Å²) in [6, 6.07) is -0.912. The van der Waals surface area contributed by atoms with Crippen molar-refractivity contribution in [3.63, 3.8) is 0 Å². The van der Waals surface area contributed by atoms with Crippen molar-refractivity contribution in [1.29, 1.82) is 0 Å². The zero-order valence-electron chi connectivity index (χ0n) is 33.2. The van der Waals surface area contributed by atoms with Crippen LogP contribution in [0.15, 0.2) is 36.5 Å². The lowest BCUT2D eigenvalue weighted by Crippen LogP contribution is -2.65. The highest BCUT2D eigenvalue weighted by Crippen LogP contribution is 2.29. The number of rotatable bonds is 29. The maximum absolute atomic E-state index is 12.9. The molecule has 0 aromatic carbocycles. The van der Waals surface area contributed by atoms with Crippen molar-refractivity contribution in [3.05, 3.63) is 36.5 Å². The minimum absolute atomic E-state index is 0.261. The first-order valence-corrected chi connectivity index (χ1v) is 20.7. The molecule has 0 spiro atoms. The molecular formula is C41H73NO13. The molecule has 9 N–H and O–H groups in total. The number of carbonyl (C=O) groups is 1. The molecule has 0 aliphatic carbocycles. The zero-order chi connectivity index (χ0) is 40.4. The van der Waals surface area contributed by atoms with Crippen LogP contribution in [0, 0.1) is 0 Å². The fraction of sp³-hybridized carbons (Fsp3) is 0.829. The van der Waals surface area contributed by atoms with Gasteiger partial charge < -0.3 is 65.1 Å². The van der Waals surface area contributed by atoms with Crippen LogP contribution in [0.2, 0.25) is 0 Å². The molecule has 2 saturated heterocycles. The van der Waals surface area contributed by atoms with E-state index >= 15 is 0 Å². The lowest BCUT2D eigenvalue weighted by atomic mass is 9.97. The minimum atomic E-state index is -1.79. The van der Waals surface area contributed by atoms with Gasteiger partial charge in [0.15, 0.2) is 12.6 Å². The maximum Gasteiger partial charge on any atom is 0.220 e. The van der Waals surface area contributed by atoms with E-state index in [4.69, 9.17) is 18.9 Å². The Bertz CT molecular complexity index is 1070. The third kappa shape index (κ3) is 18.6. The number of aliphatic hydroxyl groups is 8. The van der Waals surface area contributed by atoms with Crippen LogP contribution in [0.1, 0.15) is 123 Å². The number of ether oxygens (including phenoxy) is 4. The number of amides is 1. The van der Waals surface area contributed by atoms with Crippen LogP contribution >= 0.6 is 0 Å². The van der Waals surface area contributed by atoms with Gasteiger partial charge in [-0.25, -0.2) is 0 Å². The van der Waals surface area contributed by atoms with E-state index in [0.717, 1.165) is 57.8 Å². The quantitative estimate of drug-likeness (QED) is 0.0393. The van der Waals surface area contributed by atoms with Gasteiger partial charge in [-0.2, -0.15) is 0 Å². The van der Waals surface area contributed by atoms with Crippen molar-refractivity contribution in [2.24, 2.45) is 0 Å². The summed E-state index contributed by atoms with van der Waals surface area (Å²) < 4.78 is 22.4. The van der Waals surface area contributed by atoms with Gasteiger partial charge in [0, 0.05) is 6.42 Å². The van der Waals surface area contributed by atoms with Crippen LogP contribution in [-0.4, -0.2) is 140 Å². The second-order valence-electron chi connectivity index (χ2n) is 14.8. The van der Waals surface area contributed by atoms with Gasteiger partial charge in [-0.15, -0.1) is 0 Å². The summed E-state index contributed by atoms with van der Waals surface area (Å²) in [6.07, 6.45) is 12.8. The van der Waals surface area contributed by atoms with Crippen molar-refractivity contribution in [2.75, 3.05) is 19.8 Å². The number of aliphatic hydroxyl groups excluding tert-OH is 8. The summed E-state index contributed by atoms with van der Waals surface area (Å²) >= 11 is 0. The summed E-state index contributed by atoms with van der Waals surface area (Å²) in [5, 5.41) is 85.7. The molecule has 14 heteroatoms. The van der Waals surface area contributed by atoms with Gasteiger partial charge in [-0.1, -0.05) is 108 Å². The molecular weight excluding hydrogens is 714 g/mol. The number of unbranched alkanes of at least 4 members (excludes halogenated alkanes) is 12. The number of nitrogens with one attached hydrogen (secondary N) is 1. The number of hydrogen-bond donors (Lipinski definition) is 9. The molecule has 2 heterocycles. The van der Waals surface area contributed by atoms with Gasteiger partial charge >= 0.3 is 0 Å². The summed E-state index contributed by atoms with van der Waals surface area (Å²) in [7, 11) is 0. The molecule has 0 bridgehead atoms. The molecule has 320 valence electrons. The molecule has 0 aromatic heterocycles. The number of carbonyl (C=O) groups excluding carboxylic acids is 1. The highest BCUT2D eigenvalue weighted by molar-refractivity contribution is 5.76. The standard InChI is InChI=1S/C41H73NO13/c1-3-5-7-9-10-11-12-13-14-15-16-17-18-19-20-21-23-25-33(46)42-29(30(45)24-22-8-6-4-2)28-52-40-38(51)36(49)39(32(27-44)54-40)55-41-37(50)35(48)34(47)31(26-43)53-41/h10-11,13-14,22,24,29-32,34-41,43-45,47-51H,3-9,12,15-21,23,25-28H2,1-2H3,(H,42,46)/b11-10-,14-13-,24-22+. The highest BCUT2D eigenvalue weighted by atomic mass is 16.7. The first-order chi connectivity index (χ1) is 26.6. The van der Waals surface area contributed by atoms with E-state index in [1.165, 1.54) is 38.5 Å². The van der Waals surface area contributed by atoms with Crippen molar-refractivity contribution in [3.8, 4) is 0 Å². The van der Waals surface area contributed by atoms with E-state index in [-0.39, 0.29) is 18.9 Å². The molecule has 12 unspecified atom stereocenters. The first-order valence-electron chi connectivity index (χ1n) is 20.7. The Morgan fingerprint density at radius 3 is 1.85 bits per heavy atom. The average molecular weight is 788 g/mol. The summed E-state index contributed by atoms with van der Waals surface area (Å²) in [5.41, 5.74) is 0. The van der Waals surface area contributed by atoms with E-state index < -0.39 is 86.8 Å². The summed E-state index contributed by atoms with van der Waals surface area (Å²) in [6.45, 7) is 2.55. The zero-order valence-corrected chi connectivity index (χ0v) is 33.2. The van der Waals surface area contributed by atoms with Gasteiger partial charge in [-0.3, -0.25) is 4.79 Å². The molecule has 2 aliphatic heterocycles. The van der Waals surface area contributed by atoms with Gasteiger partial charge in [-0.05, 0) is 44.9 Å². The predicted molar refractivity (Wildman–Crippen MR) is 208 cm³/mol. The topological polar surface area (TPSA) is 228 Å². The normalized spacial score (nSPS) is 30.1. The molecule has 0 saturated carbocycles. The van der Waals surface area contributed by atoms with Crippen LogP contribution in [0.25, 0.3) is 0 Å². The molecule has 2 fully saturated rings. The fourth-order valence-electron chi connectivity index (χ4n) is 6.54. The van der Waals surface area contributed by atoms with Crippen molar-refractivity contribution >= 4 is 5.91 Å². The largest absolute Gasteiger partial charge is 0.394 e. The van der Waals surface area contributed by atoms with Gasteiger partial charge in [0.25, 0.3) is 0 Å². The molecule has 2 aliphatic rings. The van der Waals surface area contributed by atoms with Gasteiger partial charge in [0.05, 0.1) is 32.0 Å². The Morgan fingerprint density at radius 1 is 0.655 bits per heavy atom. The van der Waals surface area contributed by atoms with Crippen molar-refractivity contribution in [2.45, 2.75) is 197 Å². The van der Waals surface area contributed by atoms with E-state index in [1.807, 2.05) is 6.08 Å². The molecule has 2 rings (SSSR count). The van der Waals surface area contributed by atoms with E-state index in [1.54, 1.807) is 6.08 Å². The van der Waals surface area contributed by atoms with Crippen LogP contribution in [-0.2, 0) is 23.7 Å². The van der Waals surface area contributed by atoms with Crippen LogP contribution in [0.4, 0.5) is 0 Å². The van der Waals surface area contributed by atoms with E-state index in [2.05, 4.69) is 43.5 Å². The SMILES string of the molecule is CCCC/C=C/C(O)C(COC1OC(CO)C(OC2OC(CO)C(O)C(O)C2O)C(O)C1O)NC(=O)CCCCCCCCC/C=C\C/C=C\CCCCC. The number of allylic oxidation sites excluding steroid dienone is 5. The molecule has 1 amide bonds. The highest BCUT2D eigenvalue weighted by Gasteiger charge is 2.50. The molecule has 14 nitrogen and oxygen atoms in total. The van der Waals surface area contributed by atoms with Gasteiger partial charge in [0.1, 0.15) is 48.8 Å². The van der Waals surface area contributed by atoms with Crippen molar-refractivity contribution in [1.82, 2.24) is 5.32 Å². The smallest absolute Gasteiger partial charge is 0.220 e. The molecule has 0 radical (unpaired) electrons. The Balaban J connectivity index is 1.81. The Kier molecular flexibility index (Phi) is 26.4. The number of hydrogen-bond acceptors (Lipinski definition) is 13. The lowest BCUT2D eigenvalue weighted by molar-refractivity contribution is -0.359. The van der Waals surface area contributed by atoms with Crippen LogP contribution < -0.4 is 5.32 Å². The minimum Gasteiger partial charge on any atom is -0.394 e. The Labute approximate surface area is 328 Å². The Morgan fingerprint density at radius 2 is 1.22 bits per heavy atom. The van der Waals surface area contributed by atoms with Crippen LogP contribution in [0.3, 0.4) is 0 Å². The third-order valence-electron chi connectivity index (χ3n) is 10.1. The second kappa shape index (κ2) is 29.4. The van der Waals surface area contributed by atoms with E-state index in [9.17, 15) is 45.6 Å². The van der Waals surface area contributed by atoms with E-state index in [0.29, 0.717) is 6.42 Å². The second-order valence-corrected chi connectivity index (χ2v) is 14.8. The van der Waals surface area contributed by atoms with Crippen LogP contribution in [0.5, 0.6) is 0 Å². The predicted octanol–water partition coefficient (Wildman–Crippen LogP) is 2.81. The van der Waals surface area contributed by atoms with Gasteiger partial charge in [0.2, 0.25) is 5.91 Å². The molecule has 55 heavy (non-hydrogen) atoms. The summed E-state index contributed by atoms with van der Waals surface area (Å²) in [4.78, 5) is 12.9. The average Bonchev–Trinajstić information content (AvgIpc) is 3.18. The Hall–Kier alpha value is -1.79. The summed E-state index contributed by atoms with van der Waals surface area (Å²) in [5.74, 6) is -0.261. The fourth-order valence-corrected chi connectivity index (χ4v) is 6.54. The maximum atomic E-state index is 12.9. The molecule has 12 atom stereocenters. The monoisotopic (exact) mass is 788 g/mol. The first kappa shape index (κ1) is 49.4. The van der Waals surface area contributed by atoms with Crippen molar-refractivity contribution < 1.29 is 64.6 Å². The lowest BCUT2D eigenvalue weighted by Gasteiger charge is -2.46.